The number of rotatable bonds is 7. The number of halogens is 2. The summed E-state index contributed by atoms with van der Waals surface area (Å²) in [6.07, 6.45) is 2.82. The van der Waals surface area contributed by atoms with Gasteiger partial charge in [0.2, 0.25) is 0 Å². The Morgan fingerprint density at radius 2 is 1.69 bits per heavy atom. The molecule has 3 nitrogen and oxygen atoms in total. The van der Waals surface area contributed by atoms with E-state index in [1.54, 1.807) is 18.2 Å². The van der Waals surface area contributed by atoms with E-state index in [-0.39, 0.29) is 24.8 Å². The summed E-state index contributed by atoms with van der Waals surface area (Å²) in [5.41, 5.74) is 1.40. The van der Waals surface area contributed by atoms with Gasteiger partial charge in [0.15, 0.2) is 11.6 Å². The molecule has 0 saturated carbocycles. The lowest BCUT2D eigenvalue weighted by Gasteiger charge is -2.33. The van der Waals surface area contributed by atoms with Gasteiger partial charge in [-0.05, 0) is 56.0 Å². The van der Waals surface area contributed by atoms with Crippen LogP contribution in [0.15, 0.2) is 54.6 Å². The van der Waals surface area contributed by atoms with Crippen LogP contribution in [0.5, 0.6) is 5.75 Å². The van der Waals surface area contributed by atoms with E-state index in [1.807, 2.05) is 0 Å². The number of ether oxygens (including phenoxy) is 1. The summed E-state index contributed by atoms with van der Waals surface area (Å²) in [5.74, 6) is 0.519. The van der Waals surface area contributed by atoms with Crippen molar-refractivity contribution in [2.24, 2.45) is 5.92 Å². The number of nitrogens with zero attached hydrogens (tertiary/aromatic N) is 1. The average Bonchev–Trinajstić information content (AvgIpc) is 2.64. The largest absolute Gasteiger partial charge is 0.488 e. The Labute approximate surface area is 161 Å². The van der Waals surface area contributed by atoms with Gasteiger partial charge in [0.25, 0.3) is 0 Å². The van der Waals surface area contributed by atoms with Crippen molar-refractivity contribution >= 4 is 12.4 Å². The van der Waals surface area contributed by atoms with Crippen molar-refractivity contribution in [3.05, 3.63) is 66.0 Å². The van der Waals surface area contributed by atoms with Gasteiger partial charge in [0.05, 0.1) is 0 Å². The van der Waals surface area contributed by atoms with Crippen LogP contribution in [0.3, 0.4) is 0 Å². The SMILES string of the molecule is Cl.OC(COc1ccccc1F)CN1CCC(Cc2ccccc2)CC1. The molecule has 1 fully saturated rings. The van der Waals surface area contributed by atoms with Gasteiger partial charge in [-0.25, -0.2) is 4.39 Å². The predicted octanol–water partition coefficient (Wildman–Crippen LogP) is 3.94. The van der Waals surface area contributed by atoms with Crippen LogP contribution in [-0.4, -0.2) is 42.4 Å². The molecule has 1 aliphatic heterocycles. The highest BCUT2D eigenvalue weighted by Crippen LogP contribution is 2.22. The lowest BCUT2D eigenvalue weighted by molar-refractivity contribution is 0.0539. The Kier molecular flexibility index (Phi) is 8.36. The van der Waals surface area contributed by atoms with Gasteiger partial charge < -0.3 is 14.7 Å². The second-order valence-electron chi connectivity index (χ2n) is 6.83. The number of likely N-dealkylation sites (tertiary alicyclic amines) is 1. The molecule has 2 aromatic rings. The molecule has 3 rings (SSSR count). The molecule has 0 radical (unpaired) electrons. The molecule has 1 unspecified atom stereocenters. The lowest BCUT2D eigenvalue weighted by atomic mass is 9.90. The number of hydrogen-bond donors (Lipinski definition) is 1. The molecule has 0 bridgehead atoms. The van der Waals surface area contributed by atoms with Gasteiger partial charge in [-0.3, -0.25) is 0 Å². The molecule has 0 amide bonds. The fourth-order valence-electron chi connectivity index (χ4n) is 3.42. The van der Waals surface area contributed by atoms with E-state index in [4.69, 9.17) is 4.74 Å². The quantitative estimate of drug-likeness (QED) is 0.790. The molecule has 5 heteroatoms. The number of aliphatic hydroxyl groups is 1. The zero-order chi connectivity index (χ0) is 17.5. The molecule has 26 heavy (non-hydrogen) atoms. The molecular weight excluding hydrogens is 353 g/mol. The monoisotopic (exact) mass is 379 g/mol. The number of hydrogen-bond acceptors (Lipinski definition) is 3. The van der Waals surface area contributed by atoms with Crippen LogP contribution in [0.25, 0.3) is 0 Å². The van der Waals surface area contributed by atoms with E-state index in [1.165, 1.54) is 11.6 Å². The molecular formula is C21H27ClFNO2. The van der Waals surface area contributed by atoms with Crippen molar-refractivity contribution < 1.29 is 14.2 Å². The van der Waals surface area contributed by atoms with Crippen LogP contribution in [-0.2, 0) is 6.42 Å². The van der Waals surface area contributed by atoms with Gasteiger partial charge in [0.1, 0.15) is 12.7 Å². The van der Waals surface area contributed by atoms with E-state index in [0.29, 0.717) is 12.5 Å². The molecule has 1 saturated heterocycles. The fraction of sp³-hybridized carbons (Fsp3) is 0.429. The van der Waals surface area contributed by atoms with Gasteiger partial charge >= 0.3 is 0 Å². The average molecular weight is 380 g/mol. The molecule has 0 aromatic heterocycles. The number of piperidine rings is 1. The van der Waals surface area contributed by atoms with Gasteiger partial charge in [0, 0.05) is 6.54 Å². The molecule has 1 heterocycles. The summed E-state index contributed by atoms with van der Waals surface area (Å²) in [6, 6.07) is 16.9. The Hall–Kier alpha value is -1.62. The number of para-hydroxylation sites is 1. The van der Waals surface area contributed by atoms with Crippen molar-refractivity contribution in [2.45, 2.75) is 25.4 Å². The maximum Gasteiger partial charge on any atom is 0.165 e. The summed E-state index contributed by atoms with van der Waals surface area (Å²) in [5, 5.41) is 10.2. The zero-order valence-corrected chi connectivity index (χ0v) is 15.7. The van der Waals surface area contributed by atoms with Crippen molar-refractivity contribution in [2.75, 3.05) is 26.2 Å². The summed E-state index contributed by atoms with van der Waals surface area (Å²) in [7, 11) is 0. The second kappa shape index (κ2) is 10.5. The smallest absolute Gasteiger partial charge is 0.165 e. The minimum absolute atomic E-state index is 0. The molecule has 2 aromatic carbocycles. The Bertz CT molecular complexity index is 647. The van der Waals surface area contributed by atoms with Gasteiger partial charge in [-0.15, -0.1) is 12.4 Å². The van der Waals surface area contributed by atoms with E-state index < -0.39 is 11.9 Å². The summed E-state index contributed by atoms with van der Waals surface area (Å²) >= 11 is 0. The van der Waals surface area contributed by atoms with Crippen LogP contribution in [0, 0.1) is 11.7 Å². The third kappa shape index (κ3) is 6.27. The van der Waals surface area contributed by atoms with Crippen molar-refractivity contribution in [3.8, 4) is 5.75 Å². The van der Waals surface area contributed by atoms with Crippen LogP contribution >= 0.6 is 12.4 Å². The third-order valence-electron chi connectivity index (χ3n) is 4.81. The second-order valence-corrected chi connectivity index (χ2v) is 6.83. The molecule has 0 spiro atoms. The van der Waals surface area contributed by atoms with Crippen LogP contribution < -0.4 is 4.74 Å². The normalized spacial score (nSPS) is 16.7. The molecule has 142 valence electrons. The highest BCUT2D eigenvalue weighted by Gasteiger charge is 2.21. The molecule has 1 N–H and O–H groups in total. The summed E-state index contributed by atoms with van der Waals surface area (Å²) in [6.45, 7) is 2.68. The summed E-state index contributed by atoms with van der Waals surface area (Å²) in [4.78, 5) is 2.27. The molecule has 1 atom stereocenters. The standard InChI is InChI=1S/C21H26FNO2.ClH/c22-20-8-4-5-9-21(20)25-16-19(24)15-23-12-10-18(11-13-23)14-17-6-2-1-3-7-17;/h1-9,18-19,24H,10-16H2;1H. The van der Waals surface area contributed by atoms with Crippen LogP contribution in [0.2, 0.25) is 0 Å². The maximum absolute atomic E-state index is 13.5. The van der Waals surface area contributed by atoms with Gasteiger partial charge in [-0.2, -0.15) is 0 Å². The minimum Gasteiger partial charge on any atom is -0.488 e. The highest BCUT2D eigenvalue weighted by molar-refractivity contribution is 5.85. The van der Waals surface area contributed by atoms with Gasteiger partial charge in [-0.1, -0.05) is 42.5 Å². The predicted molar refractivity (Wildman–Crippen MR) is 104 cm³/mol. The van der Waals surface area contributed by atoms with E-state index in [9.17, 15) is 9.50 Å². The lowest BCUT2D eigenvalue weighted by Crippen LogP contribution is -2.41. The first-order chi connectivity index (χ1) is 12.2. The number of benzene rings is 2. The third-order valence-corrected chi connectivity index (χ3v) is 4.81. The number of β-amino-alcohol motifs (C(OH)–C–C–N with tert-alkyl or cyclic N) is 1. The van der Waals surface area contributed by atoms with Crippen molar-refractivity contribution in [3.63, 3.8) is 0 Å². The van der Waals surface area contributed by atoms with E-state index in [2.05, 4.69) is 35.2 Å². The van der Waals surface area contributed by atoms with E-state index >= 15 is 0 Å². The Morgan fingerprint density at radius 1 is 1.04 bits per heavy atom. The maximum atomic E-state index is 13.5. The van der Waals surface area contributed by atoms with E-state index in [0.717, 1.165) is 32.4 Å². The van der Waals surface area contributed by atoms with Crippen molar-refractivity contribution in [1.29, 1.82) is 0 Å². The first kappa shape index (κ1) is 20.7. The topological polar surface area (TPSA) is 32.7 Å². The number of aliphatic hydroxyl groups excluding tert-OH is 1. The molecule has 1 aliphatic rings. The van der Waals surface area contributed by atoms with Crippen LogP contribution in [0.1, 0.15) is 18.4 Å². The highest BCUT2D eigenvalue weighted by atomic mass is 35.5. The Morgan fingerprint density at radius 3 is 2.38 bits per heavy atom. The van der Waals surface area contributed by atoms with Crippen LogP contribution in [0.4, 0.5) is 4.39 Å². The first-order valence-corrected chi connectivity index (χ1v) is 9.02. The molecule has 0 aliphatic carbocycles. The zero-order valence-electron chi connectivity index (χ0n) is 14.9. The first-order valence-electron chi connectivity index (χ1n) is 9.02. The Balaban J connectivity index is 0.00000243. The fourth-order valence-corrected chi connectivity index (χ4v) is 3.42. The minimum atomic E-state index is -0.606. The summed E-state index contributed by atoms with van der Waals surface area (Å²) < 4.78 is 18.9. The van der Waals surface area contributed by atoms with Crippen molar-refractivity contribution in [1.82, 2.24) is 4.90 Å².